The summed E-state index contributed by atoms with van der Waals surface area (Å²) in [6, 6.07) is 10.7. The number of likely N-dealkylation sites (N-methyl/N-ethyl adjacent to an activating group) is 1. The van der Waals surface area contributed by atoms with Crippen LogP contribution >= 0.6 is 0 Å². The SMILES string of the molecule is Cc1ccccc1[C@H]1C=CC(C#N)=CN1C. The van der Waals surface area contributed by atoms with Crippen molar-refractivity contribution < 1.29 is 0 Å². The van der Waals surface area contributed by atoms with Gasteiger partial charge in [0.15, 0.2) is 0 Å². The molecule has 2 rings (SSSR count). The van der Waals surface area contributed by atoms with Gasteiger partial charge in [-0.3, -0.25) is 0 Å². The second-order valence-electron chi connectivity index (χ2n) is 4.02. The van der Waals surface area contributed by atoms with E-state index < -0.39 is 0 Å². The topological polar surface area (TPSA) is 27.0 Å². The van der Waals surface area contributed by atoms with Crippen molar-refractivity contribution in [1.82, 2.24) is 4.90 Å². The molecule has 16 heavy (non-hydrogen) atoms. The minimum Gasteiger partial charge on any atom is -0.369 e. The summed E-state index contributed by atoms with van der Waals surface area (Å²) in [4.78, 5) is 2.07. The molecule has 0 radical (unpaired) electrons. The lowest BCUT2D eigenvalue weighted by Crippen LogP contribution is -2.20. The molecule has 0 saturated carbocycles. The first-order chi connectivity index (χ1) is 7.72. The first-order valence-corrected chi connectivity index (χ1v) is 5.30. The summed E-state index contributed by atoms with van der Waals surface area (Å²) in [7, 11) is 2.00. The molecule has 0 fully saturated rings. The molecule has 1 aliphatic rings. The van der Waals surface area contributed by atoms with E-state index in [0.29, 0.717) is 5.57 Å². The van der Waals surface area contributed by atoms with Gasteiger partial charge in [0.05, 0.1) is 11.6 Å². The van der Waals surface area contributed by atoms with Gasteiger partial charge in [-0.1, -0.05) is 30.3 Å². The Morgan fingerprint density at radius 1 is 1.31 bits per heavy atom. The maximum Gasteiger partial charge on any atom is 0.101 e. The zero-order valence-corrected chi connectivity index (χ0v) is 9.51. The van der Waals surface area contributed by atoms with Crippen LogP contribution in [0.4, 0.5) is 0 Å². The van der Waals surface area contributed by atoms with Gasteiger partial charge in [0.25, 0.3) is 0 Å². The van der Waals surface area contributed by atoms with Crippen LogP contribution in [0.3, 0.4) is 0 Å². The van der Waals surface area contributed by atoms with Crippen molar-refractivity contribution in [2.24, 2.45) is 0 Å². The fourth-order valence-electron chi connectivity index (χ4n) is 1.98. The lowest BCUT2D eigenvalue weighted by atomic mass is 9.97. The number of rotatable bonds is 1. The van der Waals surface area contributed by atoms with Gasteiger partial charge >= 0.3 is 0 Å². The van der Waals surface area contributed by atoms with E-state index in [0.717, 1.165) is 0 Å². The van der Waals surface area contributed by atoms with Gasteiger partial charge in [0, 0.05) is 13.2 Å². The molecule has 0 N–H and O–H groups in total. The van der Waals surface area contributed by atoms with Crippen molar-refractivity contribution in [2.75, 3.05) is 7.05 Å². The molecule has 1 aromatic rings. The third-order valence-corrected chi connectivity index (χ3v) is 2.88. The first-order valence-electron chi connectivity index (χ1n) is 5.30. The molecule has 0 amide bonds. The minimum absolute atomic E-state index is 0.235. The van der Waals surface area contributed by atoms with Crippen molar-refractivity contribution in [3.05, 3.63) is 59.3 Å². The van der Waals surface area contributed by atoms with Gasteiger partial charge in [-0.2, -0.15) is 5.26 Å². The molecule has 1 heterocycles. The van der Waals surface area contributed by atoms with Crippen molar-refractivity contribution >= 4 is 0 Å². The molecule has 1 aromatic carbocycles. The zero-order valence-electron chi connectivity index (χ0n) is 9.51. The molecule has 1 atom stereocenters. The first kappa shape index (κ1) is 10.5. The molecule has 2 heteroatoms. The second-order valence-corrected chi connectivity index (χ2v) is 4.02. The lowest BCUT2D eigenvalue weighted by molar-refractivity contribution is 0.386. The van der Waals surface area contributed by atoms with Gasteiger partial charge < -0.3 is 4.90 Å². The fraction of sp³-hybridized carbons (Fsp3) is 0.214. The number of hydrogen-bond acceptors (Lipinski definition) is 2. The Bertz CT molecular complexity index is 492. The van der Waals surface area contributed by atoms with Crippen LogP contribution in [0.15, 0.2) is 48.2 Å². The van der Waals surface area contributed by atoms with Gasteiger partial charge in [-0.25, -0.2) is 0 Å². The van der Waals surface area contributed by atoms with E-state index in [1.165, 1.54) is 11.1 Å². The van der Waals surface area contributed by atoms with Crippen LogP contribution in [0.25, 0.3) is 0 Å². The van der Waals surface area contributed by atoms with Crippen molar-refractivity contribution in [3.63, 3.8) is 0 Å². The van der Waals surface area contributed by atoms with Crippen LogP contribution in [0.2, 0.25) is 0 Å². The third kappa shape index (κ3) is 1.85. The predicted molar refractivity (Wildman–Crippen MR) is 64.5 cm³/mol. The highest BCUT2D eigenvalue weighted by Crippen LogP contribution is 2.27. The van der Waals surface area contributed by atoms with Crippen LogP contribution in [0.5, 0.6) is 0 Å². The predicted octanol–water partition coefficient (Wildman–Crippen LogP) is 2.95. The maximum absolute atomic E-state index is 8.82. The number of allylic oxidation sites excluding steroid dienone is 2. The Morgan fingerprint density at radius 2 is 2.06 bits per heavy atom. The highest BCUT2D eigenvalue weighted by Gasteiger charge is 2.16. The molecule has 1 aliphatic heterocycles. The van der Waals surface area contributed by atoms with E-state index in [2.05, 4.69) is 36.1 Å². The second kappa shape index (κ2) is 4.24. The number of benzene rings is 1. The number of hydrogen-bond donors (Lipinski definition) is 0. The molecular weight excluding hydrogens is 196 g/mol. The average molecular weight is 210 g/mol. The van der Waals surface area contributed by atoms with Crippen LogP contribution in [-0.4, -0.2) is 11.9 Å². The summed E-state index contributed by atoms with van der Waals surface area (Å²) in [6.07, 6.45) is 5.84. The maximum atomic E-state index is 8.82. The molecule has 80 valence electrons. The van der Waals surface area contributed by atoms with Gasteiger partial charge in [0.1, 0.15) is 6.07 Å². The van der Waals surface area contributed by atoms with Gasteiger partial charge in [-0.15, -0.1) is 0 Å². The van der Waals surface area contributed by atoms with Crippen LogP contribution in [0, 0.1) is 18.3 Å². The van der Waals surface area contributed by atoms with E-state index in [4.69, 9.17) is 5.26 Å². The average Bonchev–Trinajstić information content (AvgIpc) is 2.30. The monoisotopic (exact) mass is 210 g/mol. The van der Waals surface area contributed by atoms with Crippen molar-refractivity contribution in [2.45, 2.75) is 13.0 Å². The van der Waals surface area contributed by atoms with Crippen molar-refractivity contribution in [3.8, 4) is 6.07 Å². The lowest BCUT2D eigenvalue weighted by Gasteiger charge is -2.28. The smallest absolute Gasteiger partial charge is 0.101 e. The summed E-state index contributed by atoms with van der Waals surface area (Å²) >= 11 is 0. The largest absolute Gasteiger partial charge is 0.369 e. The summed E-state index contributed by atoms with van der Waals surface area (Å²) < 4.78 is 0. The van der Waals surface area contributed by atoms with E-state index in [1.54, 1.807) is 0 Å². The van der Waals surface area contributed by atoms with Crippen LogP contribution < -0.4 is 0 Å². The molecule has 0 spiro atoms. The molecule has 0 bridgehead atoms. The van der Waals surface area contributed by atoms with Crippen LogP contribution in [0.1, 0.15) is 17.2 Å². The van der Waals surface area contributed by atoms with E-state index >= 15 is 0 Å². The highest BCUT2D eigenvalue weighted by molar-refractivity contribution is 5.40. The molecule has 0 aromatic heterocycles. The Balaban J connectivity index is 2.33. The minimum atomic E-state index is 0.235. The summed E-state index contributed by atoms with van der Waals surface area (Å²) in [5.74, 6) is 0. The quantitative estimate of drug-likeness (QED) is 0.712. The van der Waals surface area contributed by atoms with Gasteiger partial charge in [0.2, 0.25) is 0 Å². The van der Waals surface area contributed by atoms with E-state index in [9.17, 15) is 0 Å². The fourth-order valence-corrected chi connectivity index (χ4v) is 1.98. The molecule has 0 aliphatic carbocycles. The third-order valence-electron chi connectivity index (χ3n) is 2.88. The summed E-state index contributed by atoms with van der Waals surface area (Å²) in [6.45, 7) is 2.11. The number of aryl methyl sites for hydroxylation is 1. The molecule has 2 nitrogen and oxygen atoms in total. The Labute approximate surface area is 96.1 Å². The van der Waals surface area contributed by atoms with E-state index in [-0.39, 0.29) is 6.04 Å². The molecule has 0 unspecified atom stereocenters. The summed E-state index contributed by atoms with van der Waals surface area (Å²) in [5, 5.41) is 8.82. The molecule has 0 saturated heterocycles. The van der Waals surface area contributed by atoms with Crippen LogP contribution in [-0.2, 0) is 0 Å². The van der Waals surface area contributed by atoms with Gasteiger partial charge in [-0.05, 0) is 24.1 Å². The number of nitrogens with zero attached hydrogens (tertiary/aromatic N) is 2. The number of nitriles is 1. The van der Waals surface area contributed by atoms with Crippen molar-refractivity contribution in [1.29, 1.82) is 5.26 Å². The Kier molecular flexibility index (Phi) is 2.78. The molecular formula is C14H14N2. The highest BCUT2D eigenvalue weighted by atomic mass is 15.1. The Hall–Kier alpha value is -2.01. The normalized spacial score (nSPS) is 19.2. The Morgan fingerprint density at radius 3 is 2.69 bits per heavy atom. The van der Waals surface area contributed by atoms with E-state index in [1.807, 2.05) is 31.5 Å². The standard InChI is InChI=1S/C14H14N2/c1-11-5-3-4-6-13(11)14-8-7-12(9-15)10-16(14)2/h3-8,10,14H,1-2H3/t14-/m1/s1. The zero-order chi connectivity index (χ0) is 11.5. The summed E-state index contributed by atoms with van der Waals surface area (Å²) in [5.41, 5.74) is 3.26.